The van der Waals surface area contributed by atoms with Gasteiger partial charge in [-0.2, -0.15) is 0 Å². The predicted octanol–water partition coefficient (Wildman–Crippen LogP) is 1.72. The van der Waals surface area contributed by atoms with Crippen molar-refractivity contribution in [2.75, 3.05) is 19.8 Å². The molecule has 1 aromatic heterocycles. The van der Waals surface area contributed by atoms with Crippen molar-refractivity contribution < 1.29 is 13.3 Å². The molecule has 0 atom stereocenters. The van der Waals surface area contributed by atoms with Gasteiger partial charge in [-0.3, -0.25) is 4.68 Å². The van der Waals surface area contributed by atoms with Crippen LogP contribution in [0.1, 0.15) is 27.2 Å². The van der Waals surface area contributed by atoms with Gasteiger partial charge in [0.05, 0.1) is 6.20 Å². The first kappa shape index (κ1) is 15.3. The Morgan fingerprint density at radius 1 is 1.06 bits per heavy atom. The van der Waals surface area contributed by atoms with E-state index in [-0.39, 0.29) is 0 Å². The van der Waals surface area contributed by atoms with E-state index in [1.165, 1.54) is 0 Å². The van der Waals surface area contributed by atoms with Gasteiger partial charge in [-0.1, -0.05) is 5.21 Å². The zero-order chi connectivity index (χ0) is 13.3. The molecule has 0 fully saturated rings. The van der Waals surface area contributed by atoms with Crippen molar-refractivity contribution in [3.05, 3.63) is 12.4 Å². The Bertz CT molecular complexity index is 291. The molecule has 18 heavy (non-hydrogen) atoms. The molecule has 1 heterocycles. The van der Waals surface area contributed by atoms with Gasteiger partial charge in [-0.25, -0.2) is 0 Å². The molecule has 1 rings (SSSR count). The van der Waals surface area contributed by atoms with Crippen LogP contribution in [0.15, 0.2) is 12.4 Å². The van der Waals surface area contributed by atoms with Crippen LogP contribution in [0.2, 0.25) is 6.04 Å². The molecule has 0 aliphatic rings. The quantitative estimate of drug-likeness (QED) is 0.607. The highest BCUT2D eigenvalue weighted by molar-refractivity contribution is 6.60. The summed E-state index contributed by atoms with van der Waals surface area (Å²) in [5.41, 5.74) is 0. The maximum Gasteiger partial charge on any atom is 0.500 e. The largest absolute Gasteiger partial charge is 0.500 e. The van der Waals surface area contributed by atoms with Gasteiger partial charge in [-0.15, -0.1) is 5.10 Å². The van der Waals surface area contributed by atoms with Crippen LogP contribution in [-0.2, 0) is 19.8 Å². The zero-order valence-corrected chi connectivity index (χ0v) is 12.5. The molecule has 0 N–H and O–H groups in total. The van der Waals surface area contributed by atoms with E-state index >= 15 is 0 Å². The molecule has 0 spiro atoms. The fraction of sp³-hybridized carbons (Fsp3) is 0.818. The fourth-order valence-corrected chi connectivity index (χ4v) is 4.40. The molecule has 7 heteroatoms. The van der Waals surface area contributed by atoms with Crippen molar-refractivity contribution in [3.63, 3.8) is 0 Å². The summed E-state index contributed by atoms with van der Waals surface area (Å²) in [6.07, 6.45) is 4.44. The highest BCUT2D eigenvalue weighted by Gasteiger charge is 2.39. The lowest BCUT2D eigenvalue weighted by molar-refractivity contribution is 0.0704. The van der Waals surface area contributed by atoms with Crippen LogP contribution in [-0.4, -0.2) is 43.6 Å². The summed E-state index contributed by atoms with van der Waals surface area (Å²) < 4.78 is 19.1. The van der Waals surface area contributed by atoms with Crippen LogP contribution in [0.25, 0.3) is 0 Å². The van der Waals surface area contributed by atoms with Gasteiger partial charge in [0.15, 0.2) is 0 Å². The van der Waals surface area contributed by atoms with E-state index in [1.54, 1.807) is 6.20 Å². The number of aryl methyl sites for hydroxylation is 1. The highest BCUT2D eigenvalue weighted by Crippen LogP contribution is 2.18. The summed E-state index contributed by atoms with van der Waals surface area (Å²) in [6, 6.07) is 0.808. The van der Waals surface area contributed by atoms with Gasteiger partial charge >= 0.3 is 8.80 Å². The number of nitrogens with zero attached hydrogens (tertiary/aromatic N) is 3. The topological polar surface area (TPSA) is 58.4 Å². The molecule has 0 bridgehead atoms. The van der Waals surface area contributed by atoms with Gasteiger partial charge in [0.1, 0.15) is 0 Å². The summed E-state index contributed by atoms with van der Waals surface area (Å²) >= 11 is 0. The van der Waals surface area contributed by atoms with Crippen LogP contribution in [0.5, 0.6) is 0 Å². The molecule has 104 valence electrons. The Morgan fingerprint density at radius 2 is 1.67 bits per heavy atom. The molecule has 0 aliphatic carbocycles. The lowest BCUT2D eigenvalue weighted by atomic mass is 10.5. The summed E-state index contributed by atoms with van der Waals surface area (Å²) in [7, 11) is -2.49. The number of hydrogen-bond acceptors (Lipinski definition) is 5. The summed E-state index contributed by atoms with van der Waals surface area (Å²) in [5.74, 6) is 0. The molecule has 0 saturated heterocycles. The normalized spacial score (nSPS) is 11.9. The van der Waals surface area contributed by atoms with Crippen LogP contribution >= 0.6 is 0 Å². The van der Waals surface area contributed by atoms with Crippen molar-refractivity contribution in [2.24, 2.45) is 0 Å². The van der Waals surface area contributed by atoms with Gasteiger partial charge in [0.25, 0.3) is 0 Å². The SMILES string of the molecule is CCO[Si](CCCn1ccnn1)(OCC)OCC. The summed E-state index contributed by atoms with van der Waals surface area (Å²) in [6.45, 7) is 8.58. The lowest BCUT2D eigenvalue weighted by Crippen LogP contribution is -2.46. The van der Waals surface area contributed by atoms with Crippen LogP contribution in [0.3, 0.4) is 0 Å². The molecule has 0 saturated carbocycles. The number of hydrogen-bond donors (Lipinski definition) is 0. The first-order valence-corrected chi connectivity index (χ1v) is 8.45. The van der Waals surface area contributed by atoms with Crippen LogP contribution in [0, 0.1) is 0 Å². The standard InChI is InChI=1S/C11H23N3O3Si/c1-4-15-18(16-5-2,17-6-3)11-7-9-14-10-8-12-13-14/h8,10H,4-7,9,11H2,1-3H3. The van der Waals surface area contributed by atoms with E-state index in [0.29, 0.717) is 19.8 Å². The summed E-state index contributed by atoms with van der Waals surface area (Å²) in [5, 5.41) is 7.71. The van der Waals surface area contributed by atoms with Crippen molar-refractivity contribution in [1.29, 1.82) is 0 Å². The maximum absolute atomic E-state index is 5.78. The molecule has 1 aromatic rings. The van der Waals surface area contributed by atoms with E-state index in [2.05, 4.69) is 10.3 Å². The molecule has 0 aliphatic heterocycles. The molecule has 0 unspecified atom stereocenters. The molecule has 0 radical (unpaired) electrons. The Hall–Kier alpha value is -0.763. The minimum absolute atomic E-state index is 0.621. The van der Waals surface area contributed by atoms with Gasteiger partial charge in [-0.05, 0) is 27.2 Å². The first-order chi connectivity index (χ1) is 8.76. The highest BCUT2D eigenvalue weighted by atomic mass is 28.4. The van der Waals surface area contributed by atoms with Crippen LogP contribution in [0.4, 0.5) is 0 Å². The number of aromatic nitrogens is 3. The molecule has 0 aromatic carbocycles. The van der Waals surface area contributed by atoms with Gasteiger partial charge in [0.2, 0.25) is 0 Å². The maximum atomic E-state index is 5.78. The van der Waals surface area contributed by atoms with E-state index in [4.69, 9.17) is 13.3 Å². The van der Waals surface area contributed by atoms with Crippen molar-refractivity contribution >= 4 is 8.80 Å². The summed E-state index contributed by atoms with van der Waals surface area (Å²) in [4.78, 5) is 0. The predicted molar refractivity (Wildman–Crippen MR) is 70.1 cm³/mol. The Morgan fingerprint density at radius 3 is 2.11 bits per heavy atom. The second kappa shape index (κ2) is 8.36. The second-order valence-corrected chi connectivity index (χ2v) is 6.48. The van der Waals surface area contributed by atoms with Gasteiger partial charge < -0.3 is 13.3 Å². The monoisotopic (exact) mass is 273 g/mol. The smallest absolute Gasteiger partial charge is 0.374 e. The van der Waals surface area contributed by atoms with Gasteiger partial charge in [0, 0.05) is 38.6 Å². The van der Waals surface area contributed by atoms with E-state index in [1.807, 2.05) is 31.6 Å². The van der Waals surface area contributed by atoms with Crippen molar-refractivity contribution in [2.45, 2.75) is 39.8 Å². The third-order valence-corrected chi connectivity index (χ3v) is 5.59. The molecular formula is C11H23N3O3Si. The third-order valence-electron chi connectivity index (χ3n) is 2.43. The molecule has 6 nitrogen and oxygen atoms in total. The van der Waals surface area contributed by atoms with E-state index in [0.717, 1.165) is 19.0 Å². The fourth-order valence-electron chi connectivity index (χ4n) is 1.81. The molecule has 0 amide bonds. The molecular weight excluding hydrogens is 250 g/mol. The Labute approximate surface area is 110 Å². The minimum atomic E-state index is -2.49. The van der Waals surface area contributed by atoms with Crippen molar-refractivity contribution in [3.8, 4) is 0 Å². The number of rotatable bonds is 10. The zero-order valence-electron chi connectivity index (χ0n) is 11.5. The van der Waals surface area contributed by atoms with Crippen molar-refractivity contribution in [1.82, 2.24) is 15.0 Å². The van der Waals surface area contributed by atoms with Crippen LogP contribution < -0.4 is 0 Å². The Balaban J connectivity index is 2.47. The Kier molecular flexibility index (Phi) is 7.10. The van der Waals surface area contributed by atoms with E-state index in [9.17, 15) is 0 Å². The average molecular weight is 273 g/mol. The first-order valence-electron chi connectivity index (χ1n) is 6.52. The average Bonchev–Trinajstić information content (AvgIpc) is 2.83. The third kappa shape index (κ3) is 4.85. The second-order valence-electron chi connectivity index (χ2n) is 3.75. The van der Waals surface area contributed by atoms with E-state index < -0.39 is 8.80 Å². The lowest BCUT2D eigenvalue weighted by Gasteiger charge is -2.28. The minimum Gasteiger partial charge on any atom is -0.374 e.